The minimum atomic E-state index is -0.845. The molecule has 200 valence electrons. The van der Waals surface area contributed by atoms with E-state index in [0.717, 1.165) is 35.1 Å². The van der Waals surface area contributed by atoms with Crippen LogP contribution in [0, 0.1) is 26.7 Å². The van der Waals surface area contributed by atoms with Crippen molar-refractivity contribution in [3.63, 3.8) is 0 Å². The molecule has 0 bridgehead atoms. The zero-order valence-corrected chi connectivity index (χ0v) is 23.3. The molecule has 2 aromatic carbocycles. The van der Waals surface area contributed by atoms with Gasteiger partial charge in [0.1, 0.15) is 17.7 Å². The number of amides is 3. The summed E-state index contributed by atoms with van der Waals surface area (Å²) >= 11 is 0. The minimum absolute atomic E-state index is 0.0810. The van der Waals surface area contributed by atoms with Gasteiger partial charge in [-0.2, -0.15) is 0 Å². The molecule has 2 atom stereocenters. The second kappa shape index (κ2) is 11.4. The lowest BCUT2D eigenvalue weighted by molar-refractivity contribution is -0.142. The van der Waals surface area contributed by atoms with Crippen molar-refractivity contribution in [2.75, 3.05) is 5.32 Å². The molecule has 2 aromatic rings. The zero-order valence-electron chi connectivity index (χ0n) is 23.3. The van der Waals surface area contributed by atoms with Crippen LogP contribution in [0.3, 0.4) is 0 Å². The third-order valence-corrected chi connectivity index (χ3v) is 6.45. The highest BCUT2D eigenvalue weighted by molar-refractivity contribution is 5.99. The standard InChI is InChI=1S/C30H41N3O4/c1-18(2)25(32-29(36)37-30(6,7)8)28(35)33(22-14-15-22)26(23-16-13-19(3)17-21(23)5)27(34)31-24-12-10-9-11-20(24)4/h9-13,16-18,22,25-26H,14-15H2,1-8H3,(H,31,34)(H,32,36). The minimum Gasteiger partial charge on any atom is -0.444 e. The van der Waals surface area contributed by atoms with Gasteiger partial charge in [0, 0.05) is 11.7 Å². The van der Waals surface area contributed by atoms with Crippen LogP contribution in [0.2, 0.25) is 0 Å². The summed E-state index contributed by atoms with van der Waals surface area (Å²) in [5.41, 5.74) is 3.74. The van der Waals surface area contributed by atoms with Gasteiger partial charge in [0.05, 0.1) is 0 Å². The molecule has 37 heavy (non-hydrogen) atoms. The molecule has 0 aliphatic heterocycles. The monoisotopic (exact) mass is 507 g/mol. The van der Waals surface area contributed by atoms with Crippen LogP contribution in [0.4, 0.5) is 10.5 Å². The van der Waals surface area contributed by atoms with Crippen molar-refractivity contribution >= 4 is 23.6 Å². The smallest absolute Gasteiger partial charge is 0.408 e. The molecule has 1 aliphatic rings. The predicted octanol–water partition coefficient (Wildman–Crippen LogP) is 5.83. The number of ether oxygens (including phenoxy) is 1. The second-order valence-corrected chi connectivity index (χ2v) is 11.4. The number of carbonyl (C=O) groups excluding carboxylic acids is 3. The topological polar surface area (TPSA) is 87.7 Å². The van der Waals surface area contributed by atoms with Crippen LogP contribution < -0.4 is 10.6 Å². The molecule has 1 aliphatic carbocycles. The van der Waals surface area contributed by atoms with Crippen molar-refractivity contribution < 1.29 is 19.1 Å². The number of nitrogens with one attached hydrogen (secondary N) is 2. The summed E-state index contributed by atoms with van der Waals surface area (Å²) in [7, 11) is 0. The SMILES string of the molecule is Cc1ccc(C(C(=O)Nc2ccccc2C)N(C(=O)C(NC(=O)OC(C)(C)C)C(C)C)C2CC2)c(C)c1. The van der Waals surface area contributed by atoms with Crippen molar-refractivity contribution in [1.82, 2.24) is 10.2 Å². The van der Waals surface area contributed by atoms with Crippen molar-refractivity contribution in [2.24, 2.45) is 5.92 Å². The van der Waals surface area contributed by atoms with Gasteiger partial charge in [-0.1, -0.05) is 55.8 Å². The number of hydrogen-bond acceptors (Lipinski definition) is 4. The maximum Gasteiger partial charge on any atom is 0.408 e. The Morgan fingerprint density at radius 2 is 1.62 bits per heavy atom. The summed E-state index contributed by atoms with van der Waals surface area (Å²) in [6.07, 6.45) is 0.965. The lowest BCUT2D eigenvalue weighted by Crippen LogP contribution is -2.55. The summed E-state index contributed by atoms with van der Waals surface area (Å²) in [6, 6.07) is 11.7. The van der Waals surface area contributed by atoms with E-state index in [1.165, 1.54) is 0 Å². The molecule has 3 amide bonds. The van der Waals surface area contributed by atoms with Gasteiger partial charge in [0.2, 0.25) is 5.91 Å². The molecular weight excluding hydrogens is 466 g/mol. The van der Waals surface area contributed by atoms with E-state index in [2.05, 4.69) is 10.6 Å². The largest absolute Gasteiger partial charge is 0.444 e. The third-order valence-electron chi connectivity index (χ3n) is 6.45. The van der Waals surface area contributed by atoms with Gasteiger partial charge in [-0.05, 0) is 83.1 Å². The molecule has 1 saturated carbocycles. The first kappa shape index (κ1) is 28.2. The number of nitrogens with zero attached hydrogens (tertiary/aromatic N) is 1. The number of benzene rings is 2. The molecule has 0 spiro atoms. The van der Waals surface area contributed by atoms with Gasteiger partial charge in [-0.15, -0.1) is 0 Å². The fourth-order valence-corrected chi connectivity index (χ4v) is 4.44. The first-order valence-corrected chi connectivity index (χ1v) is 13.0. The maximum absolute atomic E-state index is 14.2. The van der Waals surface area contributed by atoms with Crippen LogP contribution in [-0.2, 0) is 14.3 Å². The summed E-state index contributed by atoms with van der Waals surface area (Å²) in [5.74, 6) is -0.769. The highest BCUT2D eigenvalue weighted by atomic mass is 16.6. The predicted molar refractivity (Wildman–Crippen MR) is 146 cm³/mol. The Bertz CT molecular complexity index is 1150. The number of para-hydroxylation sites is 1. The van der Waals surface area contributed by atoms with E-state index < -0.39 is 23.8 Å². The van der Waals surface area contributed by atoms with Crippen LogP contribution in [0.25, 0.3) is 0 Å². The van der Waals surface area contributed by atoms with Crippen molar-refractivity contribution in [3.05, 3.63) is 64.7 Å². The molecule has 0 radical (unpaired) electrons. The van der Waals surface area contributed by atoms with Gasteiger partial charge in [-0.3, -0.25) is 9.59 Å². The maximum atomic E-state index is 14.2. The van der Waals surface area contributed by atoms with E-state index in [1.807, 2.05) is 77.1 Å². The van der Waals surface area contributed by atoms with Crippen LogP contribution in [0.15, 0.2) is 42.5 Å². The number of rotatable bonds is 8. The van der Waals surface area contributed by atoms with E-state index >= 15 is 0 Å². The van der Waals surface area contributed by atoms with Crippen molar-refractivity contribution in [1.29, 1.82) is 0 Å². The van der Waals surface area contributed by atoms with Crippen LogP contribution in [-0.4, -0.2) is 40.5 Å². The molecule has 0 saturated heterocycles. The van der Waals surface area contributed by atoms with Crippen LogP contribution in [0.1, 0.15) is 75.8 Å². The number of carbonyl (C=O) groups is 3. The van der Waals surface area contributed by atoms with Crippen molar-refractivity contribution in [3.8, 4) is 0 Å². The quantitative estimate of drug-likeness (QED) is 0.470. The average Bonchev–Trinajstić information content (AvgIpc) is 3.61. The van der Waals surface area contributed by atoms with Gasteiger partial charge in [-0.25, -0.2) is 4.79 Å². The first-order chi connectivity index (χ1) is 17.3. The zero-order chi connectivity index (χ0) is 27.5. The van der Waals surface area contributed by atoms with Gasteiger partial charge >= 0.3 is 6.09 Å². The highest BCUT2D eigenvalue weighted by Gasteiger charge is 2.45. The average molecular weight is 508 g/mol. The Labute approximate surface area is 221 Å². The second-order valence-electron chi connectivity index (χ2n) is 11.4. The summed E-state index contributed by atoms with van der Waals surface area (Å²) in [4.78, 5) is 42.5. The molecule has 0 heterocycles. The van der Waals surface area contributed by atoms with E-state index in [0.29, 0.717) is 5.69 Å². The van der Waals surface area contributed by atoms with E-state index in [9.17, 15) is 14.4 Å². The summed E-state index contributed by atoms with van der Waals surface area (Å²) < 4.78 is 5.44. The Morgan fingerprint density at radius 1 is 0.973 bits per heavy atom. The molecule has 3 rings (SSSR count). The fraction of sp³-hybridized carbons (Fsp3) is 0.500. The van der Waals surface area contributed by atoms with Crippen molar-refractivity contribution in [2.45, 2.75) is 92.0 Å². The number of anilines is 1. The molecule has 2 unspecified atom stereocenters. The number of aryl methyl sites for hydroxylation is 3. The first-order valence-electron chi connectivity index (χ1n) is 13.0. The molecule has 1 fully saturated rings. The molecule has 0 aromatic heterocycles. The summed E-state index contributed by atoms with van der Waals surface area (Å²) in [6.45, 7) is 15.0. The van der Waals surface area contributed by atoms with Crippen LogP contribution >= 0.6 is 0 Å². The Morgan fingerprint density at radius 3 is 2.16 bits per heavy atom. The normalized spacial score (nSPS) is 15.1. The van der Waals surface area contributed by atoms with Gasteiger partial charge in [0.15, 0.2) is 0 Å². The van der Waals surface area contributed by atoms with Gasteiger partial charge in [0.25, 0.3) is 5.91 Å². The molecule has 7 heteroatoms. The lowest BCUT2D eigenvalue weighted by atomic mass is 9.94. The van der Waals surface area contributed by atoms with E-state index in [-0.39, 0.29) is 23.8 Å². The highest BCUT2D eigenvalue weighted by Crippen LogP contribution is 2.38. The molecule has 7 nitrogen and oxygen atoms in total. The molecule has 2 N–H and O–H groups in total. The third kappa shape index (κ3) is 7.34. The van der Waals surface area contributed by atoms with Crippen LogP contribution in [0.5, 0.6) is 0 Å². The Kier molecular flexibility index (Phi) is 8.67. The van der Waals surface area contributed by atoms with Gasteiger partial charge < -0.3 is 20.3 Å². The summed E-state index contributed by atoms with van der Waals surface area (Å²) in [5, 5.41) is 5.84. The fourth-order valence-electron chi connectivity index (χ4n) is 4.44. The Balaban J connectivity index is 2.03. The Hall–Kier alpha value is -3.35. The number of alkyl carbamates (subject to hydrolysis) is 1. The number of hydrogen-bond donors (Lipinski definition) is 2. The van der Waals surface area contributed by atoms with E-state index in [4.69, 9.17) is 4.74 Å². The molecular formula is C30H41N3O4. The lowest BCUT2D eigenvalue weighted by Gasteiger charge is -2.36. The van der Waals surface area contributed by atoms with E-state index in [1.54, 1.807) is 25.7 Å².